The van der Waals surface area contributed by atoms with Gasteiger partial charge in [0.05, 0.1) is 34.7 Å². The molecule has 0 N–H and O–H groups in total. The molecule has 118 valence electrons. The summed E-state index contributed by atoms with van der Waals surface area (Å²) in [6.07, 6.45) is 1.47. The number of ether oxygens (including phenoxy) is 1. The van der Waals surface area contributed by atoms with Crippen LogP contribution in [0.3, 0.4) is 0 Å². The minimum atomic E-state index is -0.421. The first-order valence-corrected chi connectivity index (χ1v) is 8.19. The van der Waals surface area contributed by atoms with Crippen molar-refractivity contribution < 1.29 is 9.53 Å². The first kappa shape index (κ1) is 16.0. The number of carbonyl (C=O) groups is 1. The zero-order chi connectivity index (χ0) is 16.6. The molecule has 2 aromatic heterocycles. The summed E-state index contributed by atoms with van der Waals surface area (Å²) < 4.78 is 6.34. The molecule has 0 unspecified atom stereocenters. The van der Waals surface area contributed by atoms with Gasteiger partial charge in [0.1, 0.15) is 5.56 Å². The molecule has 0 spiro atoms. The fourth-order valence-corrected chi connectivity index (χ4v) is 3.20. The molecule has 0 atom stereocenters. The average molecular weight is 368 g/mol. The second kappa shape index (κ2) is 6.31. The van der Waals surface area contributed by atoms with Crippen LogP contribution < -0.4 is 0 Å². The van der Waals surface area contributed by atoms with E-state index in [1.54, 1.807) is 23.7 Å². The zero-order valence-corrected chi connectivity index (χ0v) is 14.5. The van der Waals surface area contributed by atoms with E-state index in [1.807, 2.05) is 11.4 Å². The van der Waals surface area contributed by atoms with Gasteiger partial charge in [-0.05, 0) is 19.1 Å². The number of thiazole rings is 1. The Balaban J connectivity index is 1.98. The second-order valence-corrected chi connectivity index (χ2v) is 6.34. The molecule has 0 bridgehead atoms. The van der Waals surface area contributed by atoms with Gasteiger partial charge in [0.15, 0.2) is 0 Å². The van der Waals surface area contributed by atoms with Crippen molar-refractivity contribution in [1.82, 2.24) is 14.8 Å². The Morgan fingerprint density at radius 1 is 1.30 bits per heavy atom. The molecule has 1 aromatic carbocycles. The van der Waals surface area contributed by atoms with Crippen molar-refractivity contribution in [1.29, 1.82) is 0 Å². The Kier molecular flexibility index (Phi) is 4.39. The van der Waals surface area contributed by atoms with Crippen molar-refractivity contribution in [3.63, 3.8) is 0 Å². The van der Waals surface area contributed by atoms with Gasteiger partial charge in [-0.3, -0.25) is 0 Å². The highest BCUT2D eigenvalue weighted by molar-refractivity contribution is 7.12. The molecule has 2 heterocycles. The molecule has 3 aromatic rings. The van der Waals surface area contributed by atoms with Gasteiger partial charge in [0.25, 0.3) is 0 Å². The standard InChI is InChI=1S/C15H11Cl2N3O2S/c1-8-10(14(21)22-2)6-18-20(8)15-19-13(7-23-15)9-3-4-11(16)12(17)5-9/h3-7H,1-2H3. The molecule has 5 nitrogen and oxygen atoms in total. The van der Waals surface area contributed by atoms with Crippen LogP contribution in [0.2, 0.25) is 10.0 Å². The third-order valence-corrected chi connectivity index (χ3v) is 4.86. The quantitative estimate of drug-likeness (QED) is 0.643. The van der Waals surface area contributed by atoms with E-state index in [1.165, 1.54) is 24.6 Å². The monoisotopic (exact) mass is 367 g/mol. The van der Waals surface area contributed by atoms with Gasteiger partial charge in [0.2, 0.25) is 5.13 Å². The third-order valence-electron chi connectivity index (χ3n) is 3.30. The summed E-state index contributed by atoms with van der Waals surface area (Å²) in [4.78, 5) is 16.2. The van der Waals surface area contributed by atoms with Crippen molar-refractivity contribution in [3.05, 3.63) is 51.1 Å². The maximum Gasteiger partial charge on any atom is 0.341 e. The van der Waals surface area contributed by atoms with Crippen LogP contribution in [0.25, 0.3) is 16.4 Å². The number of methoxy groups -OCH3 is 1. The normalized spacial score (nSPS) is 10.8. The van der Waals surface area contributed by atoms with Crippen LogP contribution in [-0.2, 0) is 4.74 Å². The lowest BCUT2D eigenvalue weighted by molar-refractivity contribution is 0.0600. The van der Waals surface area contributed by atoms with Gasteiger partial charge in [-0.2, -0.15) is 5.10 Å². The van der Waals surface area contributed by atoms with Gasteiger partial charge >= 0.3 is 5.97 Å². The molecule has 23 heavy (non-hydrogen) atoms. The highest BCUT2D eigenvalue weighted by Gasteiger charge is 2.17. The van der Waals surface area contributed by atoms with Crippen LogP contribution >= 0.6 is 34.5 Å². The van der Waals surface area contributed by atoms with E-state index >= 15 is 0 Å². The first-order valence-electron chi connectivity index (χ1n) is 6.55. The predicted molar refractivity (Wildman–Crippen MR) is 90.8 cm³/mol. The van der Waals surface area contributed by atoms with Gasteiger partial charge < -0.3 is 4.74 Å². The van der Waals surface area contributed by atoms with E-state index in [2.05, 4.69) is 10.1 Å². The number of hydrogen-bond acceptors (Lipinski definition) is 5. The lowest BCUT2D eigenvalue weighted by atomic mass is 10.2. The number of hydrogen-bond donors (Lipinski definition) is 0. The van der Waals surface area contributed by atoms with Crippen LogP contribution in [0.5, 0.6) is 0 Å². The summed E-state index contributed by atoms with van der Waals surface area (Å²) in [6.45, 7) is 1.79. The van der Waals surface area contributed by atoms with Crippen LogP contribution in [0, 0.1) is 6.92 Å². The zero-order valence-electron chi connectivity index (χ0n) is 12.2. The number of nitrogens with zero attached hydrogens (tertiary/aromatic N) is 3. The maximum absolute atomic E-state index is 11.7. The number of carbonyl (C=O) groups excluding carboxylic acids is 1. The topological polar surface area (TPSA) is 57.0 Å². The summed E-state index contributed by atoms with van der Waals surface area (Å²) in [5.74, 6) is -0.421. The van der Waals surface area contributed by atoms with Gasteiger partial charge in [0, 0.05) is 10.9 Å². The molecule has 0 saturated heterocycles. The summed E-state index contributed by atoms with van der Waals surface area (Å²) in [5.41, 5.74) is 2.71. The Labute approximate surface area is 146 Å². The largest absolute Gasteiger partial charge is 0.465 e. The smallest absolute Gasteiger partial charge is 0.341 e. The summed E-state index contributed by atoms with van der Waals surface area (Å²) in [5, 5.41) is 7.73. The van der Waals surface area contributed by atoms with Gasteiger partial charge in [-0.1, -0.05) is 29.3 Å². The maximum atomic E-state index is 11.7. The lowest BCUT2D eigenvalue weighted by Crippen LogP contribution is -2.04. The predicted octanol–water partition coefficient (Wildman–Crippen LogP) is 4.40. The number of aromatic nitrogens is 3. The number of halogens is 2. The summed E-state index contributed by atoms with van der Waals surface area (Å²) >= 11 is 13.4. The molecular weight excluding hydrogens is 357 g/mol. The van der Waals surface area contributed by atoms with E-state index in [4.69, 9.17) is 27.9 Å². The van der Waals surface area contributed by atoms with Crippen LogP contribution in [0.1, 0.15) is 16.1 Å². The van der Waals surface area contributed by atoms with Crippen molar-refractivity contribution in [3.8, 4) is 16.4 Å². The molecule has 3 rings (SSSR count). The van der Waals surface area contributed by atoms with Crippen molar-refractivity contribution in [2.45, 2.75) is 6.92 Å². The van der Waals surface area contributed by atoms with E-state index in [9.17, 15) is 4.79 Å². The Bertz CT molecular complexity index is 889. The third kappa shape index (κ3) is 2.97. The molecular formula is C15H11Cl2N3O2S. The molecule has 0 aliphatic carbocycles. The van der Waals surface area contributed by atoms with Crippen LogP contribution in [0.15, 0.2) is 29.8 Å². The van der Waals surface area contributed by atoms with Crippen LogP contribution in [-0.4, -0.2) is 27.8 Å². The van der Waals surface area contributed by atoms with Crippen LogP contribution in [0.4, 0.5) is 0 Å². The highest BCUT2D eigenvalue weighted by atomic mass is 35.5. The molecule has 0 aliphatic rings. The Morgan fingerprint density at radius 3 is 2.78 bits per heavy atom. The first-order chi connectivity index (χ1) is 11.0. The lowest BCUT2D eigenvalue weighted by Gasteiger charge is -2.01. The molecule has 0 aliphatic heterocycles. The summed E-state index contributed by atoms with van der Waals surface area (Å²) in [7, 11) is 1.34. The van der Waals surface area contributed by atoms with Crippen molar-refractivity contribution in [2.24, 2.45) is 0 Å². The van der Waals surface area contributed by atoms with E-state index in [0.717, 1.165) is 11.3 Å². The number of rotatable bonds is 3. The van der Waals surface area contributed by atoms with Gasteiger partial charge in [-0.15, -0.1) is 11.3 Å². The molecule has 8 heteroatoms. The van der Waals surface area contributed by atoms with Crippen molar-refractivity contribution >= 4 is 40.5 Å². The molecule has 0 amide bonds. The SMILES string of the molecule is COC(=O)c1cnn(-c2nc(-c3ccc(Cl)c(Cl)c3)cs2)c1C. The van der Waals surface area contributed by atoms with Gasteiger partial charge in [-0.25, -0.2) is 14.5 Å². The fourth-order valence-electron chi connectivity index (χ4n) is 2.06. The summed E-state index contributed by atoms with van der Waals surface area (Å²) in [6, 6.07) is 5.34. The molecule has 0 radical (unpaired) electrons. The second-order valence-electron chi connectivity index (χ2n) is 4.69. The Hall–Kier alpha value is -1.89. The minimum Gasteiger partial charge on any atom is -0.465 e. The molecule has 0 fully saturated rings. The average Bonchev–Trinajstić information content (AvgIpc) is 3.16. The van der Waals surface area contributed by atoms with E-state index in [0.29, 0.717) is 26.4 Å². The molecule has 0 saturated carbocycles. The number of benzene rings is 1. The fraction of sp³-hybridized carbons (Fsp3) is 0.133. The van der Waals surface area contributed by atoms with E-state index in [-0.39, 0.29) is 0 Å². The van der Waals surface area contributed by atoms with E-state index < -0.39 is 5.97 Å². The Morgan fingerprint density at radius 2 is 2.09 bits per heavy atom. The minimum absolute atomic E-state index is 0.416. The number of esters is 1. The van der Waals surface area contributed by atoms with Crippen molar-refractivity contribution in [2.75, 3.05) is 7.11 Å². The highest BCUT2D eigenvalue weighted by Crippen LogP contribution is 2.30.